The van der Waals surface area contributed by atoms with E-state index in [4.69, 9.17) is 0 Å². The number of nitrogens with one attached hydrogen (secondary N) is 1. The van der Waals surface area contributed by atoms with Crippen molar-refractivity contribution in [2.45, 2.75) is 57.8 Å². The first-order chi connectivity index (χ1) is 9.46. The molecule has 0 aliphatic carbocycles. The number of nitrogens with zero attached hydrogens (tertiary/aromatic N) is 1. The van der Waals surface area contributed by atoms with Crippen LogP contribution in [0.15, 0.2) is 0 Å². The molecule has 1 heterocycles. The summed E-state index contributed by atoms with van der Waals surface area (Å²) in [7, 11) is 0. The second-order valence-electron chi connectivity index (χ2n) is 5.47. The van der Waals surface area contributed by atoms with Crippen LogP contribution >= 0.6 is 0 Å². The minimum Gasteiger partial charge on any atom is -0.372 e. The number of hydrogen-bond donors (Lipinski definition) is 1. The Morgan fingerprint density at radius 2 is 2.05 bits per heavy atom. The molecule has 1 aliphatic rings. The van der Waals surface area contributed by atoms with Crippen LogP contribution in [-0.4, -0.2) is 56.0 Å². The van der Waals surface area contributed by atoms with Gasteiger partial charge >= 0.3 is 6.18 Å². The number of halogens is 3. The highest BCUT2D eigenvalue weighted by Crippen LogP contribution is 2.16. The summed E-state index contributed by atoms with van der Waals surface area (Å²) >= 11 is 0. The predicted octanol–water partition coefficient (Wildman–Crippen LogP) is 2.81. The molecule has 120 valence electrons. The Morgan fingerprint density at radius 1 is 1.30 bits per heavy atom. The monoisotopic (exact) mass is 296 g/mol. The van der Waals surface area contributed by atoms with E-state index in [2.05, 4.69) is 28.8 Å². The summed E-state index contributed by atoms with van der Waals surface area (Å²) in [5, 5.41) is 3.53. The summed E-state index contributed by atoms with van der Waals surface area (Å²) in [5.74, 6) is 0. The molecular weight excluding hydrogens is 269 g/mol. The highest BCUT2D eigenvalue weighted by molar-refractivity contribution is 4.85. The minimum atomic E-state index is -4.22. The molecule has 0 aromatic heterocycles. The molecule has 0 saturated carbocycles. The molecule has 0 radical (unpaired) electrons. The van der Waals surface area contributed by atoms with Crippen LogP contribution in [0.1, 0.15) is 39.5 Å². The maximum Gasteiger partial charge on any atom is 0.411 e. The van der Waals surface area contributed by atoms with Gasteiger partial charge in [0.2, 0.25) is 0 Å². The van der Waals surface area contributed by atoms with E-state index < -0.39 is 12.8 Å². The Hall–Kier alpha value is -0.330. The van der Waals surface area contributed by atoms with Crippen molar-refractivity contribution in [1.29, 1.82) is 0 Å². The van der Waals surface area contributed by atoms with Crippen molar-refractivity contribution in [2.75, 3.05) is 32.8 Å². The van der Waals surface area contributed by atoms with Crippen molar-refractivity contribution in [1.82, 2.24) is 10.2 Å². The van der Waals surface area contributed by atoms with Gasteiger partial charge in [0.25, 0.3) is 0 Å². The molecule has 20 heavy (non-hydrogen) atoms. The van der Waals surface area contributed by atoms with Crippen molar-refractivity contribution in [3.63, 3.8) is 0 Å². The standard InChI is InChI=1S/C14H27F3N2O/c1-3-6-13-9-18-12(4-2)10-19(13)7-5-8-20-11-14(15,16)17/h12-13,18H,3-11H2,1-2H3. The van der Waals surface area contributed by atoms with Crippen LogP contribution in [0.4, 0.5) is 13.2 Å². The van der Waals surface area contributed by atoms with Crippen LogP contribution in [0, 0.1) is 0 Å². The van der Waals surface area contributed by atoms with E-state index in [-0.39, 0.29) is 6.61 Å². The highest BCUT2D eigenvalue weighted by Gasteiger charge is 2.28. The normalized spacial score (nSPS) is 25.1. The largest absolute Gasteiger partial charge is 0.411 e. The van der Waals surface area contributed by atoms with E-state index >= 15 is 0 Å². The first-order valence-electron chi connectivity index (χ1n) is 7.58. The lowest BCUT2D eigenvalue weighted by atomic mass is 10.0. The topological polar surface area (TPSA) is 24.5 Å². The predicted molar refractivity (Wildman–Crippen MR) is 73.8 cm³/mol. The van der Waals surface area contributed by atoms with E-state index in [1.807, 2.05) is 0 Å². The second kappa shape index (κ2) is 8.85. The second-order valence-corrected chi connectivity index (χ2v) is 5.47. The van der Waals surface area contributed by atoms with E-state index in [1.165, 1.54) is 0 Å². The Balaban J connectivity index is 2.26. The molecule has 1 fully saturated rings. The molecule has 1 aliphatic heterocycles. The smallest absolute Gasteiger partial charge is 0.372 e. The average Bonchev–Trinajstić information content (AvgIpc) is 2.39. The molecule has 1 rings (SSSR count). The third-order valence-corrected chi connectivity index (χ3v) is 3.73. The van der Waals surface area contributed by atoms with Crippen molar-refractivity contribution in [3.8, 4) is 0 Å². The van der Waals surface area contributed by atoms with E-state index in [1.54, 1.807) is 0 Å². The zero-order valence-corrected chi connectivity index (χ0v) is 12.5. The summed E-state index contributed by atoms with van der Waals surface area (Å²) in [4.78, 5) is 2.41. The van der Waals surface area contributed by atoms with Crippen molar-refractivity contribution < 1.29 is 17.9 Å². The van der Waals surface area contributed by atoms with Gasteiger partial charge in [0.05, 0.1) is 0 Å². The SMILES string of the molecule is CCCC1CNC(CC)CN1CCCOCC(F)(F)F. The average molecular weight is 296 g/mol. The van der Waals surface area contributed by atoms with Gasteiger partial charge in [0.15, 0.2) is 0 Å². The fraction of sp³-hybridized carbons (Fsp3) is 1.00. The summed E-state index contributed by atoms with van der Waals surface area (Å²) in [6.45, 7) is 6.15. The highest BCUT2D eigenvalue weighted by atomic mass is 19.4. The van der Waals surface area contributed by atoms with Gasteiger partial charge in [-0.05, 0) is 19.3 Å². The molecule has 0 spiro atoms. The molecule has 3 nitrogen and oxygen atoms in total. The first-order valence-corrected chi connectivity index (χ1v) is 7.58. The molecule has 2 unspecified atom stereocenters. The van der Waals surface area contributed by atoms with Crippen LogP contribution in [0.2, 0.25) is 0 Å². The fourth-order valence-electron chi connectivity index (χ4n) is 2.65. The molecule has 1 saturated heterocycles. The fourth-order valence-corrected chi connectivity index (χ4v) is 2.65. The van der Waals surface area contributed by atoms with Gasteiger partial charge < -0.3 is 10.1 Å². The molecule has 0 amide bonds. The zero-order chi connectivity index (χ0) is 15.0. The zero-order valence-electron chi connectivity index (χ0n) is 12.5. The molecule has 6 heteroatoms. The Labute approximate surface area is 119 Å². The Bertz CT molecular complexity index is 261. The molecule has 2 atom stereocenters. The van der Waals surface area contributed by atoms with Gasteiger partial charge in [-0.25, -0.2) is 0 Å². The van der Waals surface area contributed by atoms with Crippen LogP contribution in [-0.2, 0) is 4.74 Å². The van der Waals surface area contributed by atoms with Gasteiger partial charge in [0, 0.05) is 38.3 Å². The van der Waals surface area contributed by atoms with Crippen molar-refractivity contribution in [3.05, 3.63) is 0 Å². The first kappa shape index (κ1) is 17.7. The Morgan fingerprint density at radius 3 is 2.65 bits per heavy atom. The maximum absolute atomic E-state index is 12.0. The van der Waals surface area contributed by atoms with Crippen molar-refractivity contribution >= 4 is 0 Å². The van der Waals surface area contributed by atoms with Crippen LogP contribution in [0.3, 0.4) is 0 Å². The van der Waals surface area contributed by atoms with Gasteiger partial charge in [-0.15, -0.1) is 0 Å². The van der Waals surface area contributed by atoms with Crippen molar-refractivity contribution in [2.24, 2.45) is 0 Å². The summed E-state index contributed by atoms with van der Waals surface area (Å²) in [6, 6.07) is 1.00. The quantitative estimate of drug-likeness (QED) is 0.697. The molecule has 0 aromatic carbocycles. The lowest BCUT2D eigenvalue weighted by molar-refractivity contribution is -0.174. The van der Waals surface area contributed by atoms with E-state index in [0.717, 1.165) is 38.9 Å². The summed E-state index contributed by atoms with van der Waals surface area (Å²) in [5.41, 5.74) is 0. The third-order valence-electron chi connectivity index (χ3n) is 3.73. The van der Waals surface area contributed by atoms with E-state index in [9.17, 15) is 13.2 Å². The Kier molecular flexibility index (Phi) is 7.84. The third kappa shape index (κ3) is 6.90. The number of rotatable bonds is 8. The summed E-state index contributed by atoms with van der Waals surface area (Å²) < 4.78 is 40.5. The number of piperazine rings is 1. The number of hydrogen-bond acceptors (Lipinski definition) is 3. The number of ether oxygens (including phenoxy) is 1. The molecule has 0 bridgehead atoms. The summed E-state index contributed by atoms with van der Waals surface area (Å²) in [6.07, 6.45) is -0.212. The van der Waals surface area contributed by atoms with Gasteiger partial charge in [-0.3, -0.25) is 4.90 Å². The maximum atomic E-state index is 12.0. The van der Waals surface area contributed by atoms with Crippen LogP contribution < -0.4 is 5.32 Å². The molecule has 1 N–H and O–H groups in total. The van der Waals surface area contributed by atoms with Gasteiger partial charge in [-0.2, -0.15) is 13.2 Å². The van der Waals surface area contributed by atoms with Gasteiger partial charge in [0.1, 0.15) is 6.61 Å². The molecular formula is C14H27F3N2O. The van der Waals surface area contributed by atoms with Crippen LogP contribution in [0.5, 0.6) is 0 Å². The van der Waals surface area contributed by atoms with Crippen LogP contribution in [0.25, 0.3) is 0 Å². The van der Waals surface area contributed by atoms with Gasteiger partial charge in [-0.1, -0.05) is 20.3 Å². The lowest BCUT2D eigenvalue weighted by Crippen LogP contribution is -2.56. The lowest BCUT2D eigenvalue weighted by Gasteiger charge is -2.40. The van der Waals surface area contributed by atoms with E-state index in [0.29, 0.717) is 18.5 Å². The minimum absolute atomic E-state index is 0.180. The molecule has 0 aromatic rings. The number of alkyl halides is 3.